The summed E-state index contributed by atoms with van der Waals surface area (Å²) in [6.07, 6.45) is 4.74. The number of hydrogen-bond donors (Lipinski definition) is 1. The first kappa shape index (κ1) is 16.7. The highest BCUT2D eigenvalue weighted by Crippen LogP contribution is 2.24. The number of aromatic nitrogens is 1. The zero-order chi connectivity index (χ0) is 16.9. The lowest BCUT2D eigenvalue weighted by Gasteiger charge is -2.28. The van der Waals surface area contributed by atoms with E-state index >= 15 is 0 Å². The molecule has 1 aromatic carbocycles. The molecule has 1 unspecified atom stereocenters. The normalized spacial score (nSPS) is 16.2. The molecule has 3 rings (SSSR count). The molecule has 2 aromatic rings. The molecule has 1 amide bonds. The second-order valence-corrected chi connectivity index (χ2v) is 6.41. The van der Waals surface area contributed by atoms with E-state index in [4.69, 9.17) is 0 Å². The average Bonchev–Trinajstić information content (AvgIpc) is 3.23. The van der Waals surface area contributed by atoms with Crippen LogP contribution in [0.2, 0.25) is 0 Å². The van der Waals surface area contributed by atoms with Crippen LogP contribution in [0.4, 0.5) is 4.39 Å². The maximum atomic E-state index is 12.9. The van der Waals surface area contributed by atoms with E-state index in [1.54, 1.807) is 12.1 Å². The van der Waals surface area contributed by atoms with Crippen LogP contribution in [-0.2, 0) is 18.3 Å². The van der Waals surface area contributed by atoms with Crippen LogP contribution in [0.3, 0.4) is 0 Å². The minimum Gasteiger partial charge on any atom is -0.354 e. The van der Waals surface area contributed by atoms with Crippen molar-refractivity contribution in [3.05, 3.63) is 59.7 Å². The van der Waals surface area contributed by atoms with Gasteiger partial charge in [0.25, 0.3) is 0 Å². The Morgan fingerprint density at radius 2 is 1.92 bits per heavy atom. The highest BCUT2D eigenvalue weighted by Gasteiger charge is 2.25. The average molecular weight is 329 g/mol. The molecule has 5 heteroatoms. The first-order valence-electron chi connectivity index (χ1n) is 8.50. The van der Waals surface area contributed by atoms with Gasteiger partial charge < -0.3 is 9.88 Å². The van der Waals surface area contributed by atoms with E-state index in [9.17, 15) is 9.18 Å². The van der Waals surface area contributed by atoms with Crippen LogP contribution < -0.4 is 5.32 Å². The van der Waals surface area contributed by atoms with Crippen molar-refractivity contribution in [3.8, 4) is 0 Å². The third-order valence-corrected chi connectivity index (χ3v) is 4.68. The molecule has 1 N–H and O–H groups in total. The summed E-state index contributed by atoms with van der Waals surface area (Å²) in [6, 6.07) is 10.4. The number of carbonyl (C=O) groups excluding carboxylic acids is 1. The lowest BCUT2D eigenvalue weighted by atomic mass is 10.1. The van der Waals surface area contributed by atoms with Crippen molar-refractivity contribution >= 4 is 5.91 Å². The van der Waals surface area contributed by atoms with Gasteiger partial charge in [-0.1, -0.05) is 12.1 Å². The standard InChI is InChI=1S/C19H24FN3O/c1-22-10-4-5-17(22)18(23-11-2-3-12-23)14-21-19(24)13-15-6-8-16(20)9-7-15/h4-10,18H,2-3,11-14H2,1H3,(H,21,24). The fraction of sp³-hybridized carbons (Fsp3) is 0.421. The Labute approximate surface area is 142 Å². The second kappa shape index (κ2) is 7.62. The molecule has 1 atom stereocenters. The molecule has 0 saturated carbocycles. The molecule has 1 saturated heterocycles. The number of nitrogens with zero attached hydrogens (tertiary/aromatic N) is 2. The van der Waals surface area contributed by atoms with Crippen LogP contribution in [0.1, 0.15) is 30.1 Å². The summed E-state index contributed by atoms with van der Waals surface area (Å²) in [4.78, 5) is 14.7. The minimum absolute atomic E-state index is 0.0278. The second-order valence-electron chi connectivity index (χ2n) is 6.41. The first-order valence-corrected chi connectivity index (χ1v) is 8.50. The van der Waals surface area contributed by atoms with Gasteiger partial charge >= 0.3 is 0 Å². The van der Waals surface area contributed by atoms with E-state index in [1.807, 2.05) is 19.3 Å². The maximum absolute atomic E-state index is 12.9. The number of nitrogens with one attached hydrogen (secondary N) is 1. The molecule has 4 nitrogen and oxygen atoms in total. The highest BCUT2D eigenvalue weighted by atomic mass is 19.1. The van der Waals surface area contributed by atoms with Gasteiger partial charge in [0.15, 0.2) is 0 Å². The summed E-state index contributed by atoms with van der Waals surface area (Å²) in [5.41, 5.74) is 2.05. The predicted molar refractivity (Wildman–Crippen MR) is 92.1 cm³/mol. The third kappa shape index (κ3) is 4.03. The van der Waals surface area contributed by atoms with Crippen molar-refractivity contribution in [3.63, 3.8) is 0 Å². The number of halogens is 1. The lowest BCUT2D eigenvalue weighted by molar-refractivity contribution is -0.120. The molecule has 1 aliphatic rings. The molecule has 1 fully saturated rings. The van der Waals surface area contributed by atoms with Gasteiger partial charge in [-0.3, -0.25) is 9.69 Å². The molecule has 128 valence electrons. The van der Waals surface area contributed by atoms with Crippen molar-refractivity contribution in [1.82, 2.24) is 14.8 Å². The van der Waals surface area contributed by atoms with Crippen molar-refractivity contribution in [1.29, 1.82) is 0 Å². The summed E-state index contributed by atoms with van der Waals surface area (Å²) in [6.45, 7) is 2.74. The molecule has 24 heavy (non-hydrogen) atoms. The molecule has 1 aliphatic heterocycles. The van der Waals surface area contributed by atoms with Gasteiger partial charge in [-0.15, -0.1) is 0 Å². The molecular weight excluding hydrogens is 305 g/mol. The number of hydrogen-bond acceptors (Lipinski definition) is 2. The van der Waals surface area contributed by atoms with Gasteiger partial charge in [0.05, 0.1) is 12.5 Å². The van der Waals surface area contributed by atoms with Crippen molar-refractivity contribution < 1.29 is 9.18 Å². The minimum atomic E-state index is -0.281. The highest BCUT2D eigenvalue weighted by molar-refractivity contribution is 5.78. The van der Waals surface area contributed by atoms with Gasteiger partial charge in [-0.05, 0) is 55.8 Å². The smallest absolute Gasteiger partial charge is 0.224 e. The predicted octanol–water partition coefficient (Wildman–Crippen LogP) is 2.66. The first-order chi connectivity index (χ1) is 11.6. The van der Waals surface area contributed by atoms with Crippen molar-refractivity contribution in [2.75, 3.05) is 19.6 Å². The number of benzene rings is 1. The third-order valence-electron chi connectivity index (χ3n) is 4.68. The fourth-order valence-corrected chi connectivity index (χ4v) is 3.36. The van der Waals surface area contributed by atoms with Gasteiger partial charge in [0.1, 0.15) is 5.82 Å². The Morgan fingerprint density at radius 3 is 2.54 bits per heavy atom. The molecule has 0 spiro atoms. The van der Waals surface area contributed by atoms with Crippen molar-refractivity contribution in [2.24, 2.45) is 7.05 Å². The zero-order valence-electron chi connectivity index (χ0n) is 14.0. The Morgan fingerprint density at radius 1 is 1.21 bits per heavy atom. The van der Waals surface area contributed by atoms with Crippen LogP contribution in [0, 0.1) is 5.82 Å². The van der Waals surface area contributed by atoms with Crippen LogP contribution in [0.5, 0.6) is 0 Å². The number of aryl methyl sites for hydroxylation is 1. The van der Waals surface area contributed by atoms with E-state index in [2.05, 4.69) is 20.9 Å². The summed E-state index contributed by atoms with van der Waals surface area (Å²) < 4.78 is 15.1. The van der Waals surface area contributed by atoms with Crippen LogP contribution in [0.25, 0.3) is 0 Å². The number of rotatable bonds is 6. The van der Waals surface area contributed by atoms with Crippen LogP contribution >= 0.6 is 0 Å². The molecule has 0 bridgehead atoms. The van der Waals surface area contributed by atoms with Crippen LogP contribution in [-0.4, -0.2) is 35.0 Å². The lowest BCUT2D eigenvalue weighted by Crippen LogP contribution is -2.38. The van der Waals surface area contributed by atoms with Gasteiger partial charge in [0, 0.05) is 25.5 Å². The Hall–Kier alpha value is -2.14. The molecule has 1 aromatic heterocycles. The Kier molecular flexibility index (Phi) is 5.30. The Bertz CT molecular complexity index is 674. The molecule has 2 heterocycles. The van der Waals surface area contributed by atoms with E-state index < -0.39 is 0 Å². The van der Waals surface area contributed by atoms with E-state index in [0.717, 1.165) is 18.7 Å². The monoisotopic (exact) mass is 329 g/mol. The van der Waals surface area contributed by atoms with Gasteiger partial charge in [-0.2, -0.15) is 0 Å². The number of carbonyl (C=O) groups is 1. The van der Waals surface area contributed by atoms with Gasteiger partial charge in [0.2, 0.25) is 5.91 Å². The maximum Gasteiger partial charge on any atom is 0.224 e. The van der Waals surface area contributed by atoms with Crippen LogP contribution in [0.15, 0.2) is 42.6 Å². The van der Waals surface area contributed by atoms with E-state index in [1.165, 1.54) is 30.7 Å². The summed E-state index contributed by atoms with van der Waals surface area (Å²) in [7, 11) is 2.04. The summed E-state index contributed by atoms with van der Waals surface area (Å²) in [5.74, 6) is -0.308. The SMILES string of the molecule is Cn1cccc1C(CNC(=O)Cc1ccc(F)cc1)N1CCCC1. The molecule has 0 radical (unpaired) electrons. The quantitative estimate of drug-likeness (QED) is 0.885. The summed E-state index contributed by atoms with van der Waals surface area (Å²) >= 11 is 0. The van der Waals surface area contributed by atoms with E-state index in [-0.39, 0.29) is 24.2 Å². The number of amides is 1. The van der Waals surface area contributed by atoms with E-state index in [0.29, 0.717) is 6.54 Å². The summed E-state index contributed by atoms with van der Waals surface area (Å²) in [5, 5.41) is 3.05. The fourth-order valence-electron chi connectivity index (χ4n) is 3.36. The molecule has 0 aliphatic carbocycles. The topological polar surface area (TPSA) is 37.3 Å². The van der Waals surface area contributed by atoms with Crippen molar-refractivity contribution in [2.45, 2.75) is 25.3 Å². The Balaban J connectivity index is 1.61. The number of likely N-dealkylation sites (tertiary alicyclic amines) is 1. The van der Waals surface area contributed by atoms with Gasteiger partial charge in [-0.25, -0.2) is 4.39 Å². The zero-order valence-corrected chi connectivity index (χ0v) is 14.0. The largest absolute Gasteiger partial charge is 0.354 e. The molecular formula is C19H24FN3O.